The van der Waals surface area contributed by atoms with Crippen LogP contribution in [0.4, 0.5) is 4.39 Å². The Bertz CT molecular complexity index is 1090. The number of rotatable bonds is 9. The fourth-order valence-corrected chi connectivity index (χ4v) is 3.38. The number of methoxy groups -OCH3 is 1. The highest BCUT2D eigenvalue weighted by atomic mass is 19.1. The van der Waals surface area contributed by atoms with Gasteiger partial charge in [-0.25, -0.2) is 4.39 Å². The lowest BCUT2D eigenvalue weighted by Gasteiger charge is -2.25. The van der Waals surface area contributed by atoms with Gasteiger partial charge in [0.05, 0.1) is 18.9 Å². The van der Waals surface area contributed by atoms with Crippen LogP contribution in [0.3, 0.4) is 0 Å². The van der Waals surface area contributed by atoms with E-state index < -0.39 is 23.2 Å². The Kier molecular flexibility index (Phi) is 7.83. The molecule has 6 heteroatoms. The first-order valence-corrected chi connectivity index (χ1v) is 10.6. The van der Waals surface area contributed by atoms with E-state index >= 15 is 0 Å². The van der Waals surface area contributed by atoms with Gasteiger partial charge < -0.3 is 14.2 Å². The van der Waals surface area contributed by atoms with Gasteiger partial charge in [0.1, 0.15) is 24.8 Å². The van der Waals surface area contributed by atoms with E-state index in [0.29, 0.717) is 11.3 Å². The van der Waals surface area contributed by atoms with E-state index in [0.717, 1.165) is 11.1 Å². The molecule has 33 heavy (non-hydrogen) atoms. The average Bonchev–Trinajstić information content (AvgIpc) is 2.83. The monoisotopic (exact) mass is 450 g/mol. The molecule has 0 radical (unpaired) electrons. The summed E-state index contributed by atoms with van der Waals surface area (Å²) in [6.45, 7) is 3.59. The fraction of sp³-hybridized carbons (Fsp3) is 0.259. The Labute approximate surface area is 193 Å². The van der Waals surface area contributed by atoms with Crippen molar-refractivity contribution in [2.45, 2.75) is 38.9 Å². The molecule has 5 nitrogen and oxygen atoms in total. The first-order valence-electron chi connectivity index (χ1n) is 10.6. The second kappa shape index (κ2) is 10.8. The third-order valence-electron chi connectivity index (χ3n) is 5.33. The molecule has 0 fully saturated rings. The summed E-state index contributed by atoms with van der Waals surface area (Å²) < 4.78 is 31.2. The van der Waals surface area contributed by atoms with Crippen LogP contribution in [0, 0.1) is 5.82 Å². The van der Waals surface area contributed by atoms with E-state index in [1.165, 1.54) is 19.2 Å². The number of esters is 2. The van der Waals surface area contributed by atoms with Gasteiger partial charge in [-0.05, 0) is 37.1 Å². The van der Waals surface area contributed by atoms with E-state index in [1.54, 1.807) is 13.8 Å². The molecule has 0 saturated heterocycles. The van der Waals surface area contributed by atoms with Crippen LogP contribution in [-0.4, -0.2) is 19.0 Å². The smallest absolute Gasteiger partial charge is 0.315 e. The summed E-state index contributed by atoms with van der Waals surface area (Å²) in [6.07, 6.45) is -0.265. The van der Waals surface area contributed by atoms with Gasteiger partial charge in [0.2, 0.25) is 0 Å². The summed E-state index contributed by atoms with van der Waals surface area (Å²) >= 11 is 0. The van der Waals surface area contributed by atoms with Crippen LogP contribution in [0.2, 0.25) is 0 Å². The molecule has 0 atom stereocenters. The van der Waals surface area contributed by atoms with E-state index in [9.17, 15) is 14.0 Å². The van der Waals surface area contributed by atoms with Crippen LogP contribution in [0.15, 0.2) is 72.8 Å². The predicted molar refractivity (Wildman–Crippen MR) is 122 cm³/mol. The zero-order chi connectivity index (χ0) is 23.8. The van der Waals surface area contributed by atoms with Crippen molar-refractivity contribution >= 4 is 11.9 Å². The van der Waals surface area contributed by atoms with Crippen molar-refractivity contribution in [3.05, 3.63) is 101 Å². The molecule has 0 aliphatic rings. The molecule has 0 spiro atoms. The van der Waals surface area contributed by atoms with Crippen molar-refractivity contribution in [2.75, 3.05) is 7.11 Å². The molecule has 0 aromatic heterocycles. The Hall–Kier alpha value is -3.67. The molecule has 3 rings (SSSR count). The Morgan fingerprint density at radius 3 is 2.03 bits per heavy atom. The SMILES string of the molecule is COC(=O)C(C)(C)c1cc(F)c(CC(=O)OCc2ccccc2)cc1OCc1ccccc1. The van der Waals surface area contributed by atoms with Crippen LogP contribution in [0.1, 0.15) is 36.1 Å². The molecule has 172 valence electrons. The first kappa shape index (κ1) is 24.0. The summed E-state index contributed by atoms with van der Waals surface area (Å²) in [5.41, 5.74) is 1.05. The van der Waals surface area contributed by atoms with Crippen molar-refractivity contribution in [1.29, 1.82) is 0 Å². The minimum Gasteiger partial charge on any atom is -0.489 e. The molecule has 0 saturated carbocycles. The van der Waals surface area contributed by atoms with Crippen LogP contribution >= 0.6 is 0 Å². The summed E-state index contributed by atoms with van der Waals surface area (Å²) in [4.78, 5) is 24.7. The van der Waals surface area contributed by atoms with Gasteiger partial charge in [0, 0.05) is 11.1 Å². The van der Waals surface area contributed by atoms with E-state index in [-0.39, 0.29) is 25.2 Å². The molecule has 0 aliphatic carbocycles. The molecule has 0 unspecified atom stereocenters. The highest BCUT2D eigenvalue weighted by Crippen LogP contribution is 2.35. The molecule has 0 bridgehead atoms. The number of ether oxygens (including phenoxy) is 3. The van der Waals surface area contributed by atoms with E-state index in [2.05, 4.69) is 0 Å². The van der Waals surface area contributed by atoms with Gasteiger partial charge >= 0.3 is 11.9 Å². The van der Waals surface area contributed by atoms with E-state index in [4.69, 9.17) is 14.2 Å². The number of carbonyl (C=O) groups excluding carboxylic acids is 2. The van der Waals surface area contributed by atoms with Gasteiger partial charge in [0.15, 0.2) is 0 Å². The van der Waals surface area contributed by atoms with Crippen LogP contribution in [0.5, 0.6) is 5.75 Å². The van der Waals surface area contributed by atoms with Gasteiger partial charge in [-0.1, -0.05) is 60.7 Å². The molecular formula is C27H27FO5. The molecule has 0 amide bonds. The molecule has 0 N–H and O–H groups in total. The van der Waals surface area contributed by atoms with Gasteiger partial charge in [-0.2, -0.15) is 0 Å². The number of hydrogen-bond donors (Lipinski definition) is 0. The first-order chi connectivity index (χ1) is 15.8. The minimum absolute atomic E-state index is 0.103. The fourth-order valence-electron chi connectivity index (χ4n) is 3.38. The second-order valence-electron chi connectivity index (χ2n) is 8.15. The zero-order valence-corrected chi connectivity index (χ0v) is 19.0. The lowest BCUT2D eigenvalue weighted by Crippen LogP contribution is -2.31. The van der Waals surface area contributed by atoms with Crippen LogP contribution in [-0.2, 0) is 44.1 Å². The Balaban J connectivity index is 1.84. The molecule has 0 heterocycles. The van der Waals surface area contributed by atoms with Crippen molar-refractivity contribution < 1.29 is 28.2 Å². The zero-order valence-electron chi connectivity index (χ0n) is 19.0. The average molecular weight is 451 g/mol. The lowest BCUT2D eigenvalue weighted by atomic mass is 9.83. The largest absolute Gasteiger partial charge is 0.489 e. The maximum absolute atomic E-state index is 15.0. The number of carbonyl (C=O) groups is 2. The minimum atomic E-state index is -1.16. The summed E-state index contributed by atoms with van der Waals surface area (Å²) in [6, 6.07) is 21.4. The molecule has 3 aromatic carbocycles. The van der Waals surface area contributed by atoms with Crippen LogP contribution in [0.25, 0.3) is 0 Å². The lowest BCUT2D eigenvalue weighted by molar-refractivity contribution is -0.146. The van der Waals surface area contributed by atoms with Crippen molar-refractivity contribution in [2.24, 2.45) is 0 Å². The Morgan fingerprint density at radius 2 is 1.45 bits per heavy atom. The topological polar surface area (TPSA) is 61.8 Å². The summed E-state index contributed by atoms with van der Waals surface area (Å²) in [5.74, 6) is -1.40. The summed E-state index contributed by atoms with van der Waals surface area (Å²) in [7, 11) is 1.28. The Morgan fingerprint density at radius 1 is 0.879 bits per heavy atom. The van der Waals surface area contributed by atoms with E-state index in [1.807, 2.05) is 60.7 Å². The van der Waals surface area contributed by atoms with Gasteiger partial charge in [-0.15, -0.1) is 0 Å². The van der Waals surface area contributed by atoms with Gasteiger partial charge in [-0.3, -0.25) is 9.59 Å². The third-order valence-corrected chi connectivity index (χ3v) is 5.33. The number of halogens is 1. The molecular weight excluding hydrogens is 423 g/mol. The maximum atomic E-state index is 15.0. The molecule has 0 aliphatic heterocycles. The number of benzene rings is 3. The summed E-state index contributed by atoms with van der Waals surface area (Å²) in [5, 5.41) is 0. The quantitative estimate of drug-likeness (QED) is 0.423. The molecule has 3 aromatic rings. The highest BCUT2D eigenvalue weighted by Gasteiger charge is 2.35. The predicted octanol–water partition coefficient (Wildman–Crippen LogP) is 5.14. The number of hydrogen-bond acceptors (Lipinski definition) is 5. The standard InChI is InChI=1S/C27H27FO5/c1-27(2,26(30)31-3)22-16-23(28)21(14-24(22)32-17-19-10-6-4-7-11-19)15-25(29)33-18-20-12-8-5-9-13-20/h4-14,16H,15,17-18H2,1-3H3. The van der Waals surface area contributed by atoms with Crippen molar-refractivity contribution in [3.63, 3.8) is 0 Å². The van der Waals surface area contributed by atoms with Crippen molar-refractivity contribution in [3.8, 4) is 5.75 Å². The van der Waals surface area contributed by atoms with Crippen LogP contribution < -0.4 is 4.74 Å². The normalized spacial score (nSPS) is 11.0. The third kappa shape index (κ3) is 6.19. The second-order valence-corrected chi connectivity index (χ2v) is 8.15. The maximum Gasteiger partial charge on any atom is 0.315 e. The van der Waals surface area contributed by atoms with Crippen molar-refractivity contribution in [1.82, 2.24) is 0 Å². The van der Waals surface area contributed by atoms with Gasteiger partial charge in [0.25, 0.3) is 0 Å². The highest BCUT2D eigenvalue weighted by molar-refractivity contribution is 5.83.